The number of cyclic esters (lactones) is 1. The lowest BCUT2D eigenvalue weighted by Crippen LogP contribution is -2.23. The predicted octanol–water partition coefficient (Wildman–Crippen LogP) is 1.47. The molecule has 0 radical (unpaired) electrons. The zero-order chi connectivity index (χ0) is 15.9. The lowest BCUT2D eigenvalue weighted by atomic mass is 9.95. The number of ketones is 1. The predicted molar refractivity (Wildman–Crippen MR) is 75.7 cm³/mol. The van der Waals surface area contributed by atoms with E-state index in [1.54, 1.807) is 18.2 Å². The van der Waals surface area contributed by atoms with Crippen LogP contribution in [-0.2, 0) is 9.53 Å². The smallest absolute Gasteiger partial charge is 0.306 e. The van der Waals surface area contributed by atoms with Crippen LogP contribution in [0.5, 0.6) is 11.5 Å². The summed E-state index contributed by atoms with van der Waals surface area (Å²) in [4.78, 5) is 24.0. The highest BCUT2D eigenvalue weighted by Gasteiger charge is 2.40. The summed E-state index contributed by atoms with van der Waals surface area (Å²) in [6.07, 6.45) is -0.386. The van der Waals surface area contributed by atoms with Gasteiger partial charge in [0.1, 0.15) is 23.2 Å². The Bertz CT molecular complexity index is 675. The van der Waals surface area contributed by atoms with Gasteiger partial charge in [-0.05, 0) is 12.1 Å². The van der Waals surface area contributed by atoms with Gasteiger partial charge in [0.05, 0.1) is 20.1 Å². The van der Waals surface area contributed by atoms with Crippen molar-refractivity contribution >= 4 is 11.8 Å². The maximum atomic E-state index is 12.6. The molecule has 22 heavy (non-hydrogen) atoms. The van der Waals surface area contributed by atoms with Gasteiger partial charge in [-0.1, -0.05) is 13.0 Å². The summed E-state index contributed by atoms with van der Waals surface area (Å²) >= 11 is 0. The molecule has 2 atom stereocenters. The van der Waals surface area contributed by atoms with E-state index in [-0.39, 0.29) is 29.9 Å². The molecule has 6 nitrogen and oxygen atoms in total. The van der Waals surface area contributed by atoms with Crippen LogP contribution in [0.4, 0.5) is 0 Å². The van der Waals surface area contributed by atoms with Gasteiger partial charge < -0.3 is 19.3 Å². The van der Waals surface area contributed by atoms with E-state index < -0.39 is 12.7 Å². The molecule has 1 fully saturated rings. The molecule has 0 saturated carbocycles. The average molecular weight is 304 g/mol. The second-order valence-electron chi connectivity index (χ2n) is 5.37. The highest BCUT2D eigenvalue weighted by atomic mass is 16.6. The molecule has 1 saturated heterocycles. The molecule has 6 heteroatoms. The molecule has 0 aromatic heterocycles. The normalized spacial score (nSPS) is 25.6. The van der Waals surface area contributed by atoms with Gasteiger partial charge in [0, 0.05) is 11.5 Å². The van der Waals surface area contributed by atoms with E-state index >= 15 is 0 Å². The van der Waals surface area contributed by atoms with Crippen LogP contribution in [0.15, 0.2) is 29.5 Å². The van der Waals surface area contributed by atoms with Gasteiger partial charge in [-0.2, -0.15) is 0 Å². The second kappa shape index (κ2) is 5.46. The highest BCUT2D eigenvalue weighted by Crippen LogP contribution is 2.40. The number of Topliss-reactive ketones (excluding diaryl/α,β-unsaturated/α-hetero) is 1. The number of hydrogen-bond acceptors (Lipinski definition) is 6. The van der Waals surface area contributed by atoms with Gasteiger partial charge in [-0.3, -0.25) is 9.59 Å². The standard InChI is InChI=1S/C16H16O6/c1-8-6-12(18)22-15(8)9(7-17)16-14(19)13-10(20-2)4-3-5-11(13)21-16/h3-5,8,15,17H,6-7H2,1-2H3/b16-9+/t8-,15-/m0/s1. The Balaban J connectivity index is 2.05. The Labute approximate surface area is 127 Å². The minimum atomic E-state index is -0.642. The molecule has 1 aromatic carbocycles. The van der Waals surface area contributed by atoms with Crippen molar-refractivity contribution in [3.05, 3.63) is 35.1 Å². The van der Waals surface area contributed by atoms with Crippen molar-refractivity contribution in [2.24, 2.45) is 5.92 Å². The van der Waals surface area contributed by atoms with Gasteiger partial charge in [-0.25, -0.2) is 0 Å². The lowest BCUT2D eigenvalue weighted by Gasteiger charge is -2.17. The molecule has 1 N–H and O–H groups in total. The van der Waals surface area contributed by atoms with Crippen LogP contribution in [0.2, 0.25) is 0 Å². The third-order valence-electron chi connectivity index (χ3n) is 3.92. The van der Waals surface area contributed by atoms with Crippen LogP contribution in [0.1, 0.15) is 23.7 Å². The number of aliphatic hydroxyl groups is 1. The first-order valence-electron chi connectivity index (χ1n) is 6.99. The van der Waals surface area contributed by atoms with Crippen LogP contribution in [-0.4, -0.2) is 36.7 Å². The second-order valence-corrected chi connectivity index (χ2v) is 5.37. The number of fused-ring (bicyclic) bond motifs is 1. The quantitative estimate of drug-likeness (QED) is 0.672. The summed E-state index contributed by atoms with van der Waals surface area (Å²) in [7, 11) is 1.47. The number of esters is 1. The maximum absolute atomic E-state index is 12.6. The Morgan fingerprint density at radius 3 is 2.77 bits per heavy atom. The summed E-state index contributed by atoms with van der Waals surface area (Å²) in [6.45, 7) is 1.42. The van der Waals surface area contributed by atoms with Crippen molar-refractivity contribution < 1.29 is 28.9 Å². The number of aliphatic hydroxyl groups excluding tert-OH is 1. The van der Waals surface area contributed by atoms with Crippen molar-refractivity contribution in [3.63, 3.8) is 0 Å². The van der Waals surface area contributed by atoms with E-state index in [0.29, 0.717) is 22.6 Å². The Morgan fingerprint density at radius 1 is 1.41 bits per heavy atom. The molecule has 0 amide bonds. The van der Waals surface area contributed by atoms with Crippen LogP contribution >= 0.6 is 0 Å². The fraction of sp³-hybridized carbons (Fsp3) is 0.375. The number of ether oxygens (including phenoxy) is 3. The Kier molecular flexibility index (Phi) is 3.62. The number of hydrogen-bond donors (Lipinski definition) is 1. The van der Waals surface area contributed by atoms with Gasteiger partial charge >= 0.3 is 5.97 Å². The van der Waals surface area contributed by atoms with E-state index in [1.807, 2.05) is 6.92 Å². The molecule has 0 spiro atoms. The van der Waals surface area contributed by atoms with Crippen molar-refractivity contribution in [2.75, 3.05) is 13.7 Å². The van der Waals surface area contributed by atoms with E-state index in [9.17, 15) is 14.7 Å². The van der Waals surface area contributed by atoms with Gasteiger partial charge in [0.25, 0.3) is 0 Å². The van der Waals surface area contributed by atoms with Crippen molar-refractivity contribution in [3.8, 4) is 11.5 Å². The zero-order valence-corrected chi connectivity index (χ0v) is 12.3. The van der Waals surface area contributed by atoms with Crippen molar-refractivity contribution in [1.82, 2.24) is 0 Å². The van der Waals surface area contributed by atoms with E-state index in [2.05, 4.69) is 0 Å². The zero-order valence-electron chi connectivity index (χ0n) is 12.3. The van der Waals surface area contributed by atoms with E-state index in [0.717, 1.165) is 0 Å². The molecule has 1 aromatic rings. The fourth-order valence-corrected chi connectivity index (χ4v) is 2.85. The minimum absolute atomic E-state index is 0.0218. The number of carbonyl (C=O) groups is 2. The monoisotopic (exact) mass is 304 g/mol. The number of methoxy groups -OCH3 is 1. The molecular formula is C16H16O6. The van der Waals surface area contributed by atoms with Crippen molar-refractivity contribution in [1.29, 1.82) is 0 Å². The minimum Gasteiger partial charge on any atom is -0.496 e. The van der Waals surface area contributed by atoms with Gasteiger partial charge in [-0.15, -0.1) is 0 Å². The molecule has 3 rings (SSSR count). The Morgan fingerprint density at radius 2 is 2.18 bits per heavy atom. The molecular weight excluding hydrogens is 288 g/mol. The first kappa shape index (κ1) is 14.6. The molecule has 0 unspecified atom stereocenters. The molecule has 2 aliphatic rings. The van der Waals surface area contributed by atoms with E-state index in [4.69, 9.17) is 14.2 Å². The number of benzene rings is 1. The van der Waals surface area contributed by atoms with Crippen LogP contribution < -0.4 is 9.47 Å². The molecule has 2 aliphatic heterocycles. The maximum Gasteiger partial charge on any atom is 0.306 e. The summed E-state index contributed by atoms with van der Waals surface area (Å²) in [5.41, 5.74) is 0.615. The summed E-state index contributed by atoms with van der Waals surface area (Å²) in [6, 6.07) is 5.03. The molecule has 116 valence electrons. The molecule has 2 heterocycles. The van der Waals surface area contributed by atoms with Crippen LogP contribution in [0.25, 0.3) is 0 Å². The van der Waals surface area contributed by atoms with Crippen molar-refractivity contribution in [2.45, 2.75) is 19.4 Å². The fourth-order valence-electron chi connectivity index (χ4n) is 2.85. The summed E-state index contributed by atoms with van der Waals surface area (Å²) < 4.78 is 16.0. The van der Waals surface area contributed by atoms with Crippen LogP contribution in [0, 0.1) is 5.92 Å². The molecule has 0 aliphatic carbocycles. The first-order chi connectivity index (χ1) is 10.6. The highest BCUT2D eigenvalue weighted by molar-refractivity contribution is 6.14. The topological polar surface area (TPSA) is 82.1 Å². The lowest BCUT2D eigenvalue weighted by molar-refractivity contribution is -0.140. The van der Waals surface area contributed by atoms with Crippen LogP contribution in [0.3, 0.4) is 0 Å². The number of allylic oxidation sites excluding steroid dienone is 1. The van der Waals surface area contributed by atoms with Gasteiger partial charge in [0.15, 0.2) is 5.76 Å². The summed E-state index contributed by atoms with van der Waals surface area (Å²) in [5.74, 6) is -0.0255. The average Bonchev–Trinajstić information content (AvgIpc) is 3.01. The SMILES string of the molecule is COc1cccc2c1C(=O)/C(=C(/CO)[C@H]1OC(=O)C[C@@H]1C)O2. The third-order valence-corrected chi connectivity index (χ3v) is 3.92. The largest absolute Gasteiger partial charge is 0.496 e. The number of carbonyl (C=O) groups excluding carboxylic acids is 2. The van der Waals surface area contributed by atoms with Gasteiger partial charge in [0.2, 0.25) is 5.78 Å². The third kappa shape index (κ3) is 2.16. The van der Waals surface area contributed by atoms with E-state index in [1.165, 1.54) is 7.11 Å². The molecule has 0 bridgehead atoms. The Hall–Kier alpha value is -2.34. The number of rotatable bonds is 3. The summed E-state index contributed by atoms with van der Waals surface area (Å²) in [5, 5.41) is 9.66. The first-order valence-corrected chi connectivity index (χ1v) is 6.99.